The number of aryl methyl sites for hydroxylation is 1. The number of nitrogens with zero attached hydrogens (tertiary/aromatic N) is 3. The van der Waals surface area contributed by atoms with Gasteiger partial charge in [0.2, 0.25) is 11.8 Å². The van der Waals surface area contributed by atoms with Crippen LogP contribution in [0, 0.1) is 6.92 Å². The van der Waals surface area contributed by atoms with Crippen molar-refractivity contribution in [3.8, 4) is 0 Å². The Labute approximate surface area is 185 Å². The van der Waals surface area contributed by atoms with E-state index in [2.05, 4.69) is 20.2 Å². The minimum Gasteiger partial charge on any atom is -0.353 e. The fourth-order valence-electron chi connectivity index (χ4n) is 4.45. The highest BCUT2D eigenvalue weighted by atomic mass is 16.2. The van der Waals surface area contributed by atoms with Gasteiger partial charge in [-0.2, -0.15) is 0 Å². The molecule has 2 heterocycles. The molecule has 164 valence electrons. The Balaban J connectivity index is 1.18. The second-order valence-electron chi connectivity index (χ2n) is 8.30. The van der Waals surface area contributed by atoms with Crippen LogP contribution in [0.15, 0.2) is 48.5 Å². The molecule has 0 saturated heterocycles. The number of hydrogen-bond acceptors (Lipinski definition) is 4. The minimum atomic E-state index is -0.668. The average Bonchev–Trinajstić information content (AvgIpc) is 3.53. The smallest absolute Gasteiger partial charge is 0.255 e. The van der Waals surface area contributed by atoms with E-state index in [4.69, 9.17) is 0 Å². The van der Waals surface area contributed by atoms with Gasteiger partial charge in [0.25, 0.3) is 5.91 Å². The molecule has 3 amide bonds. The Morgan fingerprint density at radius 1 is 1.06 bits per heavy atom. The summed E-state index contributed by atoms with van der Waals surface area (Å²) in [6.07, 6.45) is 1.82. The van der Waals surface area contributed by atoms with E-state index in [1.165, 1.54) is 0 Å². The van der Waals surface area contributed by atoms with Crippen LogP contribution < -0.4 is 10.6 Å². The molecule has 2 N–H and O–H groups in total. The zero-order valence-corrected chi connectivity index (χ0v) is 17.9. The first-order valence-electron chi connectivity index (χ1n) is 10.9. The number of para-hydroxylation sites is 2. The number of benzene rings is 2. The summed E-state index contributed by atoms with van der Waals surface area (Å²) >= 11 is 0. The van der Waals surface area contributed by atoms with E-state index in [0.717, 1.165) is 29.7 Å². The number of imidazole rings is 1. The van der Waals surface area contributed by atoms with Crippen molar-refractivity contribution in [2.45, 2.75) is 38.4 Å². The lowest BCUT2D eigenvalue weighted by atomic mass is 10.0. The van der Waals surface area contributed by atoms with Gasteiger partial charge in [0.05, 0.1) is 17.6 Å². The average molecular weight is 431 g/mol. The predicted octanol–water partition coefficient (Wildman–Crippen LogP) is 1.94. The summed E-state index contributed by atoms with van der Waals surface area (Å²) in [6.45, 7) is 2.82. The van der Waals surface area contributed by atoms with E-state index >= 15 is 0 Å². The first-order valence-corrected chi connectivity index (χ1v) is 10.9. The molecule has 1 aliphatic carbocycles. The van der Waals surface area contributed by atoms with Gasteiger partial charge in [-0.05, 0) is 43.5 Å². The highest BCUT2D eigenvalue weighted by Gasteiger charge is 2.47. The monoisotopic (exact) mass is 431 g/mol. The van der Waals surface area contributed by atoms with Crippen LogP contribution in [-0.4, -0.2) is 51.3 Å². The summed E-state index contributed by atoms with van der Waals surface area (Å²) in [5.41, 5.74) is 3.24. The number of nitrogens with one attached hydrogen (secondary N) is 2. The van der Waals surface area contributed by atoms with E-state index in [1.807, 2.05) is 43.3 Å². The number of aromatic nitrogens is 2. The SMILES string of the molecule is Cc1nc2ccccc2n1CCNC(=O)CNC(=O)C1c2ccccc2C(=O)N1C1CC1. The van der Waals surface area contributed by atoms with Gasteiger partial charge < -0.3 is 20.1 Å². The number of carbonyl (C=O) groups is 3. The summed E-state index contributed by atoms with van der Waals surface area (Å²) in [6, 6.07) is 14.5. The van der Waals surface area contributed by atoms with E-state index in [0.29, 0.717) is 24.2 Å². The molecule has 0 bridgehead atoms. The molecule has 8 nitrogen and oxygen atoms in total. The highest BCUT2D eigenvalue weighted by molar-refractivity contribution is 6.05. The lowest BCUT2D eigenvalue weighted by molar-refractivity contribution is -0.129. The van der Waals surface area contributed by atoms with Gasteiger partial charge in [-0.25, -0.2) is 4.98 Å². The Hall–Kier alpha value is -3.68. The van der Waals surface area contributed by atoms with Crippen LogP contribution in [0.2, 0.25) is 0 Å². The Bertz CT molecular complexity index is 1210. The van der Waals surface area contributed by atoms with E-state index in [1.54, 1.807) is 17.0 Å². The zero-order chi connectivity index (χ0) is 22.2. The molecule has 2 aromatic carbocycles. The molecule has 0 spiro atoms. The van der Waals surface area contributed by atoms with Crippen molar-refractivity contribution in [2.75, 3.05) is 13.1 Å². The number of amides is 3. The quantitative estimate of drug-likeness (QED) is 0.598. The van der Waals surface area contributed by atoms with E-state index in [9.17, 15) is 14.4 Å². The molecule has 1 aliphatic heterocycles. The zero-order valence-electron chi connectivity index (χ0n) is 17.9. The van der Waals surface area contributed by atoms with Crippen LogP contribution in [0.1, 0.15) is 40.6 Å². The molecule has 5 rings (SSSR count). The minimum absolute atomic E-state index is 0.101. The summed E-state index contributed by atoms with van der Waals surface area (Å²) in [7, 11) is 0. The molecule has 2 aliphatic rings. The molecule has 1 saturated carbocycles. The Morgan fingerprint density at radius 2 is 1.81 bits per heavy atom. The molecule has 3 aromatic rings. The first kappa shape index (κ1) is 20.2. The molecule has 1 unspecified atom stereocenters. The third-order valence-corrected chi connectivity index (χ3v) is 6.11. The van der Waals surface area contributed by atoms with Crippen LogP contribution in [0.25, 0.3) is 11.0 Å². The van der Waals surface area contributed by atoms with E-state index < -0.39 is 6.04 Å². The molecule has 8 heteroatoms. The maximum absolute atomic E-state index is 13.0. The topological polar surface area (TPSA) is 96.3 Å². The van der Waals surface area contributed by atoms with Crippen molar-refractivity contribution in [3.05, 3.63) is 65.5 Å². The standard InChI is InChI=1S/C24H25N5O3/c1-15-27-19-8-4-5-9-20(19)28(15)13-12-25-21(30)14-26-23(31)22-17-6-2-3-7-18(17)24(32)29(22)16-10-11-16/h2-9,16,22H,10-14H2,1H3,(H,25,30)(H,26,31). The molecular weight excluding hydrogens is 406 g/mol. The summed E-state index contributed by atoms with van der Waals surface area (Å²) < 4.78 is 2.06. The molecule has 0 radical (unpaired) electrons. The Kier molecular flexibility index (Phi) is 5.13. The van der Waals surface area contributed by atoms with Crippen molar-refractivity contribution in [1.82, 2.24) is 25.1 Å². The number of fused-ring (bicyclic) bond motifs is 2. The fourth-order valence-corrected chi connectivity index (χ4v) is 4.45. The van der Waals surface area contributed by atoms with Gasteiger partial charge >= 0.3 is 0 Å². The number of carbonyl (C=O) groups excluding carboxylic acids is 3. The Morgan fingerprint density at radius 3 is 2.62 bits per heavy atom. The van der Waals surface area contributed by atoms with Gasteiger partial charge in [-0.3, -0.25) is 14.4 Å². The normalized spacial score (nSPS) is 17.5. The summed E-state index contributed by atoms with van der Waals surface area (Å²) in [5, 5.41) is 5.57. The maximum Gasteiger partial charge on any atom is 0.255 e. The van der Waals surface area contributed by atoms with Crippen molar-refractivity contribution in [3.63, 3.8) is 0 Å². The maximum atomic E-state index is 13.0. The third kappa shape index (κ3) is 3.62. The molecule has 1 atom stereocenters. The number of rotatable bonds is 7. The predicted molar refractivity (Wildman–Crippen MR) is 119 cm³/mol. The van der Waals surface area contributed by atoms with Crippen molar-refractivity contribution in [2.24, 2.45) is 0 Å². The van der Waals surface area contributed by atoms with Crippen LogP contribution in [0.4, 0.5) is 0 Å². The fraction of sp³-hybridized carbons (Fsp3) is 0.333. The van der Waals surface area contributed by atoms with Crippen molar-refractivity contribution >= 4 is 28.8 Å². The third-order valence-electron chi connectivity index (χ3n) is 6.11. The van der Waals surface area contributed by atoms with Gasteiger partial charge in [0.1, 0.15) is 11.9 Å². The first-order chi connectivity index (χ1) is 15.5. The van der Waals surface area contributed by atoms with Crippen LogP contribution in [0.3, 0.4) is 0 Å². The van der Waals surface area contributed by atoms with E-state index in [-0.39, 0.29) is 30.3 Å². The molecule has 1 fully saturated rings. The lowest BCUT2D eigenvalue weighted by Crippen LogP contribution is -2.44. The molecule has 1 aromatic heterocycles. The second kappa shape index (κ2) is 8.11. The summed E-state index contributed by atoms with van der Waals surface area (Å²) in [5.74, 6) is 0.201. The highest BCUT2D eigenvalue weighted by Crippen LogP contribution is 2.41. The van der Waals surface area contributed by atoms with Crippen LogP contribution >= 0.6 is 0 Å². The van der Waals surface area contributed by atoms with Gasteiger partial charge in [-0.1, -0.05) is 30.3 Å². The van der Waals surface area contributed by atoms with Crippen LogP contribution in [0.5, 0.6) is 0 Å². The molecule has 32 heavy (non-hydrogen) atoms. The largest absolute Gasteiger partial charge is 0.353 e. The summed E-state index contributed by atoms with van der Waals surface area (Å²) in [4.78, 5) is 44.3. The van der Waals surface area contributed by atoms with Crippen molar-refractivity contribution in [1.29, 1.82) is 0 Å². The second-order valence-corrected chi connectivity index (χ2v) is 8.30. The number of hydrogen-bond donors (Lipinski definition) is 2. The van der Waals surface area contributed by atoms with Gasteiger partial charge in [0, 0.05) is 24.7 Å². The van der Waals surface area contributed by atoms with Crippen LogP contribution in [-0.2, 0) is 16.1 Å². The molecular formula is C24H25N5O3. The lowest BCUT2D eigenvalue weighted by Gasteiger charge is -2.24. The van der Waals surface area contributed by atoms with Gasteiger partial charge in [-0.15, -0.1) is 0 Å². The van der Waals surface area contributed by atoms with Gasteiger partial charge in [0.15, 0.2) is 0 Å². The van der Waals surface area contributed by atoms with Crippen molar-refractivity contribution < 1.29 is 14.4 Å².